The summed E-state index contributed by atoms with van der Waals surface area (Å²) in [6, 6.07) is 7.22. The third kappa shape index (κ3) is 3.35. The molecule has 2 aliphatic heterocycles. The Morgan fingerprint density at radius 3 is 2.67 bits per heavy atom. The van der Waals surface area contributed by atoms with E-state index >= 15 is 0 Å². The van der Waals surface area contributed by atoms with Crippen LogP contribution in [0, 0.1) is 5.82 Å². The number of amides is 1. The van der Waals surface area contributed by atoms with Crippen LogP contribution in [0.5, 0.6) is 0 Å². The van der Waals surface area contributed by atoms with Crippen LogP contribution in [0.1, 0.15) is 25.7 Å². The highest BCUT2D eigenvalue weighted by Crippen LogP contribution is 2.23. The van der Waals surface area contributed by atoms with Gasteiger partial charge in [-0.2, -0.15) is 0 Å². The van der Waals surface area contributed by atoms with Crippen LogP contribution in [0.2, 0.25) is 0 Å². The first-order valence-corrected chi connectivity index (χ1v) is 7.77. The van der Waals surface area contributed by atoms with Crippen molar-refractivity contribution >= 4 is 11.6 Å². The number of rotatable bonds is 3. The summed E-state index contributed by atoms with van der Waals surface area (Å²) in [5.41, 5.74) is 0.686. The topological polar surface area (TPSA) is 44.4 Å². The van der Waals surface area contributed by atoms with E-state index in [0.29, 0.717) is 11.7 Å². The largest absolute Gasteiger partial charge is 0.369 e. The molecule has 21 heavy (non-hydrogen) atoms. The molecule has 114 valence electrons. The lowest BCUT2D eigenvalue weighted by molar-refractivity contribution is -0.124. The molecular formula is C16H22FN3O. The number of anilines is 1. The number of halogens is 1. The number of benzene rings is 1. The van der Waals surface area contributed by atoms with Gasteiger partial charge < -0.3 is 15.5 Å². The van der Waals surface area contributed by atoms with Crippen molar-refractivity contribution < 1.29 is 9.18 Å². The SMILES string of the molecule is O=C1NCCCC1NC1CCN(c2ccccc2F)CC1. The zero-order valence-electron chi connectivity index (χ0n) is 12.1. The maximum absolute atomic E-state index is 13.8. The fraction of sp³-hybridized carbons (Fsp3) is 0.562. The van der Waals surface area contributed by atoms with Crippen LogP contribution in [0.4, 0.5) is 10.1 Å². The molecule has 1 atom stereocenters. The van der Waals surface area contributed by atoms with Crippen molar-refractivity contribution in [1.29, 1.82) is 0 Å². The van der Waals surface area contributed by atoms with E-state index in [0.717, 1.165) is 45.3 Å². The third-order valence-electron chi connectivity index (χ3n) is 4.41. The van der Waals surface area contributed by atoms with Crippen LogP contribution in [-0.2, 0) is 4.79 Å². The quantitative estimate of drug-likeness (QED) is 0.890. The summed E-state index contributed by atoms with van der Waals surface area (Å²) in [4.78, 5) is 13.9. The van der Waals surface area contributed by atoms with E-state index < -0.39 is 0 Å². The molecule has 2 aliphatic rings. The van der Waals surface area contributed by atoms with Crippen molar-refractivity contribution in [2.75, 3.05) is 24.5 Å². The average molecular weight is 291 g/mol. The number of para-hydroxylation sites is 1. The van der Waals surface area contributed by atoms with Gasteiger partial charge in [-0.15, -0.1) is 0 Å². The monoisotopic (exact) mass is 291 g/mol. The molecular weight excluding hydrogens is 269 g/mol. The van der Waals surface area contributed by atoms with E-state index in [1.165, 1.54) is 6.07 Å². The Bertz CT molecular complexity index is 500. The van der Waals surface area contributed by atoms with E-state index in [9.17, 15) is 9.18 Å². The van der Waals surface area contributed by atoms with E-state index in [1.54, 1.807) is 6.07 Å². The van der Waals surface area contributed by atoms with E-state index in [2.05, 4.69) is 15.5 Å². The van der Waals surface area contributed by atoms with E-state index in [-0.39, 0.29) is 17.8 Å². The Morgan fingerprint density at radius 1 is 1.19 bits per heavy atom. The number of hydrogen-bond acceptors (Lipinski definition) is 3. The lowest BCUT2D eigenvalue weighted by atomic mass is 10.00. The molecule has 0 aliphatic carbocycles. The minimum absolute atomic E-state index is 0.0521. The van der Waals surface area contributed by atoms with Gasteiger partial charge in [0, 0.05) is 25.7 Å². The lowest BCUT2D eigenvalue weighted by Crippen LogP contribution is -2.54. The van der Waals surface area contributed by atoms with Gasteiger partial charge in [0.2, 0.25) is 5.91 Å². The number of nitrogens with one attached hydrogen (secondary N) is 2. The zero-order chi connectivity index (χ0) is 14.7. The molecule has 0 bridgehead atoms. The van der Waals surface area contributed by atoms with Gasteiger partial charge in [-0.3, -0.25) is 4.79 Å². The first kappa shape index (κ1) is 14.3. The molecule has 1 aromatic rings. The molecule has 2 N–H and O–H groups in total. The second-order valence-electron chi connectivity index (χ2n) is 5.87. The maximum Gasteiger partial charge on any atom is 0.237 e. The summed E-state index contributed by atoms with van der Waals surface area (Å²) < 4.78 is 13.8. The number of nitrogens with zero attached hydrogens (tertiary/aromatic N) is 1. The van der Waals surface area contributed by atoms with Crippen LogP contribution >= 0.6 is 0 Å². The first-order valence-electron chi connectivity index (χ1n) is 7.77. The van der Waals surface area contributed by atoms with Gasteiger partial charge >= 0.3 is 0 Å². The molecule has 1 unspecified atom stereocenters. The minimum Gasteiger partial charge on any atom is -0.369 e. The average Bonchev–Trinajstić information content (AvgIpc) is 2.51. The predicted octanol–water partition coefficient (Wildman–Crippen LogP) is 1.66. The molecule has 0 aromatic heterocycles. The molecule has 3 rings (SSSR count). The highest BCUT2D eigenvalue weighted by Gasteiger charge is 2.27. The summed E-state index contributed by atoms with van der Waals surface area (Å²) in [7, 11) is 0. The summed E-state index contributed by atoms with van der Waals surface area (Å²) in [5, 5.41) is 6.36. The number of piperidine rings is 2. The summed E-state index contributed by atoms with van der Waals surface area (Å²) in [6.07, 6.45) is 3.84. The number of carbonyl (C=O) groups excluding carboxylic acids is 1. The molecule has 4 nitrogen and oxygen atoms in total. The number of carbonyl (C=O) groups is 1. The third-order valence-corrected chi connectivity index (χ3v) is 4.41. The standard InChI is InChI=1S/C16H22FN3O/c17-13-4-1-2-6-15(13)20-10-7-12(8-11-20)19-14-5-3-9-18-16(14)21/h1-2,4,6,12,14,19H,3,5,7-11H2,(H,18,21). The van der Waals surface area contributed by atoms with Crippen LogP contribution in [0.3, 0.4) is 0 Å². The van der Waals surface area contributed by atoms with Crippen LogP contribution in [0.15, 0.2) is 24.3 Å². The van der Waals surface area contributed by atoms with Gasteiger partial charge in [-0.25, -0.2) is 4.39 Å². The molecule has 5 heteroatoms. The maximum atomic E-state index is 13.8. The van der Waals surface area contributed by atoms with Crippen molar-refractivity contribution in [2.45, 2.75) is 37.8 Å². The Kier molecular flexibility index (Phi) is 4.39. The Morgan fingerprint density at radius 2 is 1.95 bits per heavy atom. The van der Waals surface area contributed by atoms with Crippen molar-refractivity contribution in [3.63, 3.8) is 0 Å². The fourth-order valence-corrected chi connectivity index (χ4v) is 3.21. The predicted molar refractivity (Wildman–Crippen MR) is 80.8 cm³/mol. The first-order chi connectivity index (χ1) is 10.2. The fourth-order valence-electron chi connectivity index (χ4n) is 3.21. The van der Waals surface area contributed by atoms with Gasteiger partial charge in [0.05, 0.1) is 11.7 Å². The Hall–Kier alpha value is -1.62. The lowest BCUT2D eigenvalue weighted by Gasteiger charge is -2.36. The van der Waals surface area contributed by atoms with Crippen molar-refractivity contribution in [2.24, 2.45) is 0 Å². The van der Waals surface area contributed by atoms with Gasteiger partial charge in [0.1, 0.15) is 5.82 Å². The van der Waals surface area contributed by atoms with Crippen LogP contribution < -0.4 is 15.5 Å². The van der Waals surface area contributed by atoms with Crippen molar-refractivity contribution in [1.82, 2.24) is 10.6 Å². The normalized spacial score (nSPS) is 24.0. The molecule has 2 saturated heterocycles. The zero-order valence-corrected chi connectivity index (χ0v) is 12.1. The molecule has 0 spiro atoms. The Labute approximate surface area is 124 Å². The van der Waals surface area contributed by atoms with Crippen molar-refractivity contribution in [3.05, 3.63) is 30.1 Å². The van der Waals surface area contributed by atoms with Crippen LogP contribution in [-0.4, -0.2) is 37.6 Å². The highest BCUT2D eigenvalue weighted by molar-refractivity contribution is 5.82. The molecule has 2 heterocycles. The number of hydrogen-bond donors (Lipinski definition) is 2. The van der Waals surface area contributed by atoms with Gasteiger partial charge in [-0.1, -0.05) is 12.1 Å². The van der Waals surface area contributed by atoms with E-state index in [4.69, 9.17) is 0 Å². The summed E-state index contributed by atoms with van der Waals surface area (Å²) >= 11 is 0. The Balaban J connectivity index is 1.53. The molecule has 1 amide bonds. The minimum atomic E-state index is -0.157. The highest BCUT2D eigenvalue weighted by atomic mass is 19.1. The van der Waals surface area contributed by atoms with Gasteiger partial charge in [0.15, 0.2) is 0 Å². The van der Waals surface area contributed by atoms with Gasteiger partial charge in [-0.05, 0) is 37.8 Å². The molecule has 0 radical (unpaired) electrons. The van der Waals surface area contributed by atoms with Gasteiger partial charge in [0.25, 0.3) is 0 Å². The summed E-state index contributed by atoms with van der Waals surface area (Å²) in [5.74, 6) is -0.0339. The molecule has 1 aromatic carbocycles. The molecule has 2 fully saturated rings. The van der Waals surface area contributed by atoms with Crippen molar-refractivity contribution in [3.8, 4) is 0 Å². The molecule has 0 saturated carbocycles. The second-order valence-corrected chi connectivity index (χ2v) is 5.87. The van der Waals surface area contributed by atoms with E-state index in [1.807, 2.05) is 12.1 Å². The second kappa shape index (κ2) is 6.43. The smallest absolute Gasteiger partial charge is 0.237 e. The van der Waals surface area contributed by atoms with Crippen LogP contribution in [0.25, 0.3) is 0 Å². The summed E-state index contributed by atoms with van der Waals surface area (Å²) in [6.45, 7) is 2.45.